The molecule has 0 aromatic heterocycles. The first kappa shape index (κ1) is 21.8. The van der Waals surface area contributed by atoms with Crippen LogP contribution in [0.15, 0.2) is 29.2 Å². The van der Waals surface area contributed by atoms with Crippen LogP contribution in [0.4, 0.5) is 0 Å². The lowest BCUT2D eigenvalue weighted by molar-refractivity contribution is 0.0975. The molecule has 0 unspecified atom stereocenters. The van der Waals surface area contributed by atoms with Gasteiger partial charge in [-0.05, 0) is 12.5 Å². The summed E-state index contributed by atoms with van der Waals surface area (Å²) in [5.74, 6) is -0.218. The monoisotopic (exact) mass is 368 g/mol. The first-order valence-corrected chi connectivity index (χ1v) is 11.0. The van der Waals surface area contributed by atoms with Crippen LogP contribution >= 0.6 is 0 Å². The van der Waals surface area contributed by atoms with Gasteiger partial charge in [-0.2, -0.15) is 8.42 Å². The van der Waals surface area contributed by atoms with Crippen molar-refractivity contribution in [3.05, 3.63) is 29.8 Å². The summed E-state index contributed by atoms with van der Waals surface area (Å²) in [6.45, 7) is 2.23. The molecule has 1 aromatic carbocycles. The van der Waals surface area contributed by atoms with E-state index >= 15 is 0 Å². The number of ketones is 1. The topological polar surface area (TPSA) is 71.4 Å². The molecule has 1 aromatic rings. The molecule has 0 atom stereocenters. The Labute approximate surface area is 152 Å². The number of carbonyl (C=O) groups is 1. The van der Waals surface area contributed by atoms with Crippen molar-refractivity contribution in [3.8, 4) is 0 Å². The molecule has 25 heavy (non-hydrogen) atoms. The van der Waals surface area contributed by atoms with Crippen LogP contribution in [-0.4, -0.2) is 18.8 Å². The van der Waals surface area contributed by atoms with Gasteiger partial charge in [-0.15, -0.1) is 0 Å². The highest BCUT2D eigenvalue weighted by Gasteiger charge is 2.19. The maximum absolute atomic E-state index is 12.2. The van der Waals surface area contributed by atoms with E-state index in [1.165, 1.54) is 69.6 Å². The molecule has 0 spiro atoms. The molecule has 5 heteroatoms. The molecule has 0 radical (unpaired) electrons. The van der Waals surface area contributed by atoms with E-state index in [-0.39, 0.29) is 16.2 Å². The van der Waals surface area contributed by atoms with E-state index in [1.807, 2.05) is 0 Å². The fraction of sp³-hybridized carbons (Fsp3) is 0.650. The van der Waals surface area contributed by atoms with Crippen molar-refractivity contribution in [3.63, 3.8) is 0 Å². The zero-order chi connectivity index (χ0) is 18.5. The molecular formula is C20H32O4S. The number of carbonyl (C=O) groups excluding carboxylic acids is 1. The Morgan fingerprint density at radius 1 is 0.840 bits per heavy atom. The summed E-state index contributed by atoms with van der Waals surface area (Å²) in [4.78, 5) is 11.9. The van der Waals surface area contributed by atoms with E-state index < -0.39 is 10.1 Å². The van der Waals surface area contributed by atoms with E-state index in [2.05, 4.69) is 6.92 Å². The Kier molecular flexibility index (Phi) is 10.7. The number of benzene rings is 1. The van der Waals surface area contributed by atoms with Gasteiger partial charge in [0.15, 0.2) is 5.78 Å². The van der Waals surface area contributed by atoms with Crippen LogP contribution in [0, 0.1) is 0 Å². The largest absolute Gasteiger partial charge is 0.295 e. The summed E-state index contributed by atoms with van der Waals surface area (Å²) in [7, 11) is -4.35. The van der Waals surface area contributed by atoms with Crippen LogP contribution in [-0.2, 0) is 10.1 Å². The van der Waals surface area contributed by atoms with Crippen molar-refractivity contribution in [2.24, 2.45) is 0 Å². The minimum atomic E-state index is -4.35. The van der Waals surface area contributed by atoms with Gasteiger partial charge in [0, 0.05) is 12.0 Å². The minimum absolute atomic E-state index is 0.0945. The highest BCUT2D eigenvalue weighted by Crippen LogP contribution is 2.19. The third-order valence-electron chi connectivity index (χ3n) is 4.47. The summed E-state index contributed by atoms with van der Waals surface area (Å²) >= 11 is 0. The zero-order valence-electron chi connectivity index (χ0n) is 15.4. The van der Waals surface area contributed by atoms with Gasteiger partial charge < -0.3 is 0 Å². The predicted octanol–water partition coefficient (Wildman–Crippen LogP) is 5.82. The molecule has 142 valence electrons. The lowest BCUT2D eigenvalue weighted by Crippen LogP contribution is -2.08. The zero-order valence-corrected chi connectivity index (χ0v) is 16.2. The average Bonchev–Trinajstić information content (AvgIpc) is 2.58. The Hall–Kier alpha value is -1.20. The minimum Gasteiger partial charge on any atom is -0.294 e. The molecule has 0 aliphatic heterocycles. The molecule has 4 nitrogen and oxygen atoms in total. The molecule has 0 heterocycles. The molecule has 0 fully saturated rings. The molecule has 0 aliphatic rings. The van der Waals surface area contributed by atoms with Crippen molar-refractivity contribution in [2.75, 3.05) is 0 Å². The molecule has 0 amide bonds. The SMILES string of the molecule is CCCCCCCCCCCCCC(=O)c1ccccc1S(=O)(=O)O. The van der Waals surface area contributed by atoms with Gasteiger partial charge in [-0.25, -0.2) is 0 Å². The van der Waals surface area contributed by atoms with Crippen molar-refractivity contribution >= 4 is 15.9 Å². The normalized spacial score (nSPS) is 11.6. The lowest BCUT2D eigenvalue weighted by Gasteiger charge is -2.06. The Balaban J connectivity index is 2.18. The maximum Gasteiger partial charge on any atom is 0.295 e. The Morgan fingerprint density at radius 2 is 1.32 bits per heavy atom. The number of hydrogen-bond acceptors (Lipinski definition) is 3. The quantitative estimate of drug-likeness (QED) is 0.255. The number of Topliss-reactive ketones (excluding diaryl/α,β-unsaturated/α-hetero) is 1. The fourth-order valence-corrected chi connectivity index (χ4v) is 3.72. The second-order valence-electron chi connectivity index (χ2n) is 6.68. The van der Waals surface area contributed by atoms with E-state index in [1.54, 1.807) is 6.07 Å². The van der Waals surface area contributed by atoms with E-state index in [0.717, 1.165) is 19.3 Å². The molecule has 0 bridgehead atoms. The smallest absolute Gasteiger partial charge is 0.294 e. The molecule has 0 saturated carbocycles. The highest BCUT2D eigenvalue weighted by molar-refractivity contribution is 7.86. The molecule has 0 aliphatic carbocycles. The third-order valence-corrected chi connectivity index (χ3v) is 5.38. The van der Waals surface area contributed by atoms with Gasteiger partial charge in [0.25, 0.3) is 10.1 Å². The first-order valence-electron chi connectivity index (χ1n) is 9.56. The predicted molar refractivity (Wildman–Crippen MR) is 102 cm³/mol. The first-order chi connectivity index (χ1) is 12.0. The Morgan fingerprint density at radius 3 is 1.84 bits per heavy atom. The van der Waals surface area contributed by atoms with Crippen molar-refractivity contribution in [1.29, 1.82) is 0 Å². The van der Waals surface area contributed by atoms with Crippen molar-refractivity contribution < 1.29 is 17.8 Å². The molecular weight excluding hydrogens is 336 g/mol. The van der Waals surface area contributed by atoms with Crippen LogP contribution in [0.1, 0.15) is 94.3 Å². The van der Waals surface area contributed by atoms with E-state index in [9.17, 15) is 17.8 Å². The number of rotatable bonds is 14. The van der Waals surface area contributed by atoms with Gasteiger partial charge in [0.05, 0.1) is 0 Å². The lowest BCUT2D eigenvalue weighted by atomic mass is 10.0. The summed E-state index contributed by atoms with van der Waals surface area (Å²) in [5, 5.41) is 0. The van der Waals surface area contributed by atoms with Crippen LogP contribution in [0.25, 0.3) is 0 Å². The second kappa shape index (κ2) is 12.2. The van der Waals surface area contributed by atoms with Gasteiger partial charge in [0.2, 0.25) is 0 Å². The van der Waals surface area contributed by atoms with Crippen LogP contribution in [0.5, 0.6) is 0 Å². The number of hydrogen-bond donors (Lipinski definition) is 1. The van der Waals surface area contributed by atoms with Gasteiger partial charge in [-0.1, -0.05) is 89.3 Å². The summed E-state index contributed by atoms with van der Waals surface area (Å²) in [6, 6.07) is 5.84. The van der Waals surface area contributed by atoms with E-state index in [4.69, 9.17) is 0 Å². The van der Waals surface area contributed by atoms with Crippen LogP contribution in [0.3, 0.4) is 0 Å². The molecule has 0 saturated heterocycles. The Bertz CT molecular complexity index is 608. The summed E-state index contributed by atoms with van der Waals surface area (Å²) < 4.78 is 31.8. The van der Waals surface area contributed by atoms with E-state index in [0.29, 0.717) is 6.42 Å². The molecule has 1 N–H and O–H groups in total. The maximum atomic E-state index is 12.2. The van der Waals surface area contributed by atoms with Crippen LogP contribution in [0.2, 0.25) is 0 Å². The van der Waals surface area contributed by atoms with Gasteiger partial charge >= 0.3 is 0 Å². The average molecular weight is 369 g/mol. The van der Waals surface area contributed by atoms with Gasteiger partial charge in [-0.3, -0.25) is 9.35 Å². The highest BCUT2D eigenvalue weighted by atomic mass is 32.2. The fourth-order valence-electron chi connectivity index (χ4n) is 3.01. The second-order valence-corrected chi connectivity index (χ2v) is 8.07. The number of unbranched alkanes of at least 4 members (excludes halogenated alkanes) is 10. The summed E-state index contributed by atoms with van der Waals surface area (Å²) in [6.07, 6.45) is 13.6. The van der Waals surface area contributed by atoms with Crippen LogP contribution < -0.4 is 0 Å². The summed E-state index contributed by atoms with van der Waals surface area (Å²) in [5.41, 5.74) is 0.0945. The molecule has 1 rings (SSSR count). The standard InChI is InChI=1S/C20H32O4S/c1-2-3-4-5-6-7-8-9-10-11-12-16-19(21)18-15-13-14-17-20(18)25(22,23)24/h13-15,17H,2-12,16H2,1H3,(H,22,23,24). The van der Waals surface area contributed by atoms with Crippen molar-refractivity contribution in [2.45, 2.75) is 88.9 Å². The third kappa shape index (κ3) is 9.17. The van der Waals surface area contributed by atoms with Crippen molar-refractivity contribution in [1.82, 2.24) is 0 Å². The van der Waals surface area contributed by atoms with Gasteiger partial charge in [0.1, 0.15) is 4.90 Å².